The summed E-state index contributed by atoms with van der Waals surface area (Å²) in [5.74, 6) is -0.379. The number of amides is 1. The number of allylic oxidation sites excluding steroid dienone is 2. The van der Waals surface area contributed by atoms with Crippen LogP contribution < -0.4 is 5.32 Å². The third-order valence-corrected chi connectivity index (χ3v) is 18.0. The van der Waals surface area contributed by atoms with Crippen molar-refractivity contribution in [3.05, 3.63) is 46.0 Å². The predicted octanol–water partition coefficient (Wildman–Crippen LogP) is 10.1. The molecule has 10 atom stereocenters. The van der Waals surface area contributed by atoms with Crippen LogP contribution in [0.4, 0.5) is 0 Å². The second kappa shape index (κ2) is 13.2. The van der Waals surface area contributed by atoms with Crippen LogP contribution in [0.5, 0.6) is 0 Å². The number of carbonyl (C=O) groups excluding carboxylic acids is 3. The zero-order chi connectivity index (χ0) is 39.4. The largest absolute Gasteiger partial charge is 0.481 e. The number of hydrogen-bond donors (Lipinski definition) is 2. The fourth-order valence-electron chi connectivity index (χ4n) is 14.4. The number of aliphatic carboxylic acids is 1. The number of hydrogen-bond acceptors (Lipinski definition) is 5. The molecule has 0 spiro atoms. The van der Waals surface area contributed by atoms with Gasteiger partial charge in [0, 0.05) is 23.8 Å². The molecule has 0 unspecified atom stereocenters. The first-order valence-electron chi connectivity index (χ1n) is 20.9. The molecular weight excluding hydrogens is 698 g/mol. The number of Topliss-reactive ketones (excluding diaryl/α,β-unsaturated/α-hetero) is 1. The molecule has 2 N–H and O–H groups in total. The topological polar surface area (TPSA) is 110 Å². The molecule has 5 fully saturated rings. The van der Waals surface area contributed by atoms with Gasteiger partial charge in [-0.2, -0.15) is 0 Å². The number of fused-ring (bicyclic) bond motifs is 7. The minimum atomic E-state index is -0.829. The maximum Gasteiger partial charge on any atom is 0.309 e. The Kier molecular flexibility index (Phi) is 9.67. The van der Waals surface area contributed by atoms with Gasteiger partial charge in [-0.3, -0.25) is 19.2 Å². The number of ether oxygens (including phenoxy) is 1. The van der Waals surface area contributed by atoms with Gasteiger partial charge in [-0.05, 0) is 127 Å². The van der Waals surface area contributed by atoms with E-state index in [1.165, 1.54) is 5.57 Å². The van der Waals surface area contributed by atoms with Crippen LogP contribution in [0.25, 0.3) is 0 Å². The fraction of sp³-hybridized carbons (Fsp3) is 0.739. The van der Waals surface area contributed by atoms with Crippen LogP contribution in [0, 0.1) is 68.0 Å². The van der Waals surface area contributed by atoms with E-state index in [4.69, 9.17) is 16.3 Å². The molecule has 8 heteroatoms. The highest BCUT2D eigenvalue weighted by Gasteiger charge is 2.70. The summed E-state index contributed by atoms with van der Waals surface area (Å²) in [6.45, 7) is 21.0. The summed E-state index contributed by atoms with van der Waals surface area (Å²) in [6.07, 6.45) is 9.75. The smallest absolute Gasteiger partial charge is 0.309 e. The molecule has 0 aliphatic heterocycles. The lowest BCUT2D eigenvalue weighted by molar-refractivity contribution is -0.236. The van der Waals surface area contributed by atoms with Gasteiger partial charge in [0.25, 0.3) is 5.91 Å². The standard InChI is InChI=1S/C46H64ClNO6/c1-26(2)36-32(49)25-46(22-23-48-38(50)27-12-10-11-13-31(27)47)21-20-44(8)28(37(36)46)14-15-34-43(7)18-17-35(42(5,6)33(43)16-19-45(34,44)9)54-40(53)30-24-29(39(51)52)41(30,3)4/h10-13,26,28-30,33-35H,14-25H2,1-9H3,(H,48,50)(H,51,52)/t28-,29+,30-,33+,34-,35+,43+,44-,45-,46-/m1/s1. The third kappa shape index (κ3) is 5.61. The normalized spacial score (nSPS) is 40.5. The number of esters is 1. The Hall–Kier alpha value is -2.67. The van der Waals surface area contributed by atoms with E-state index in [9.17, 15) is 24.3 Å². The first-order valence-corrected chi connectivity index (χ1v) is 21.3. The first-order chi connectivity index (χ1) is 25.2. The summed E-state index contributed by atoms with van der Waals surface area (Å²) in [6, 6.07) is 7.15. The summed E-state index contributed by atoms with van der Waals surface area (Å²) in [5, 5.41) is 13.3. The summed E-state index contributed by atoms with van der Waals surface area (Å²) >= 11 is 6.36. The SMILES string of the molecule is CC(C)C1=C2[C@H]3CC[C@@H]4[C@@]5(C)CC[C@H](OC(=O)[C@H]6C[C@@H](C(=O)O)C6(C)C)C(C)(C)[C@@H]5CC[C@@]4(C)[C@]3(C)CC[C@@]2(CCNC(=O)c2ccccc2Cl)CC1=O. The van der Waals surface area contributed by atoms with E-state index >= 15 is 0 Å². The Bertz CT molecular complexity index is 1780. The molecule has 54 heavy (non-hydrogen) atoms. The van der Waals surface area contributed by atoms with Crippen molar-refractivity contribution in [1.82, 2.24) is 5.32 Å². The molecule has 5 saturated carbocycles. The lowest BCUT2D eigenvalue weighted by Gasteiger charge is -2.72. The quantitative estimate of drug-likeness (QED) is 0.255. The Balaban J connectivity index is 1.12. The maximum absolute atomic E-state index is 14.0. The second-order valence-electron chi connectivity index (χ2n) is 20.7. The second-order valence-corrected chi connectivity index (χ2v) is 21.2. The molecule has 0 radical (unpaired) electrons. The van der Waals surface area contributed by atoms with Crippen molar-refractivity contribution < 1.29 is 29.0 Å². The van der Waals surface area contributed by atoms with Crippen LogP contribution >= 0.6 is 11.6 Å². The number of carbonyl (C=O) groups is 4. The lowest BCUT2D eigenvalue weighted by Crippen LogP contribution is -2.66. The van der Waals surface area contributed by atoms with Crippen molar-refractivity contribution in [1.29, 1.82) is 0 Å². The summed E-state index contributed by atoms with van der Waals surface area (Å²) in [5.41, 5.74) is 2.17. The molecule has 6 aliphatic carbocycles. The monoisotopic (exact) mass is 761 g/mol. The van der Waals surface area contributed by atoms with Gasteiger partial charge in [0.15, 0.2) is 5.78 Å². The average molecular weight is 762 g/mol. The van der Waals surface area contributed by atoms with Crippen LogP contribution in [0.3, 0.4) is 0 Å². The van der Waals surface area contributed by atoms with Crippen LogP contribution in [-0.2, 0) is 19.1 Å². The van der Waals surface area contributed by atoms with Crippen LogP contribution in [0.2, 0.25) is 5.02 Å². The van der Waals surface area contributed by atoms with Crippen LogP contribution in [-0.4, -0.2) is 41.4 Å². The minimum Gasteiger partial charge on any atom is -0.481 e. The number of ketones is 1. The number of nitrogens with one attached hydrogen (secondary N) is 1. The molecule has 0 saturated heterocycles. The lowest BCUT2D eigenvalue weighted by atomic mass is 9.33. The molecule has 1 amide bonds. The van der Waals surface area contributed by atoms with Gasteiger partial charge in [-0.15, -0.1) is 0 Å². The Morgan fingerprint density at radius 3 is 2.22 bits per heavy atom. The highest BCUT2D eigenvalue weighted by molar-refractivity contribution is 6.33. The van der Waals surface area contributed by atoms with E-state index in [1.54, 1.807) is 12.1 Å². The molecule has 1 aromatic carbocycles. The molecular formula is C46H64ClNO6. The average Bonchev–Trinajstić information content (AvgIpc) is 3.38. The van der Waals surface area contributed by atoms with E-state index in [1.807, 2.05) is 26.0 Å². The Labute approximate surface area is 328 Å². The number of benzene rings is 1. The molecule has 296 valence electrons. The van der Waals surface area contributed by atoms with Crippen molar-refractivity contribution in [2.45, 2.75) is 139 Å². The number of carboxylic acid groups (broad SMARTS) is 1. The molecule has 1 aromatic rings. The van der Waals surface area contributed by atoms with E-state index in [0.29, 0.717) is 53.5 Å². The van der Waals surface area contributed by atoms with Gasteiger partial charge in [-0.1, -0.05) is 91.6 Å². The van der Waals surface area contributed by atoms with Crippen molar-refractivity contribution in [3.8, 4) is 0 Å². The minimum absolute atomic E-state index is 0.0399. The molecule has 7 nitrogen and oxygen atoms in total. The maximum atomic E-state index is 14.0. The predicted molar refractivity (Wildman–Crippen MR) is 211 cm³/mol. The molecule has 0 aromatic heterocycles. The Morgan fingerprint density at radius 1 is 0.870 bits per heavy atom. The van der Waals surface area contributed by atoms with Crippen molar-refractivity contribution in [2.24, 2.45) is 68.0 Å². The summed E-state index contributed by atoms with van der Waals surface area (Å²) in [4.78, 5) is 52.6. The highest BCUT2D eigenvalue weighted by atomic mass is 35.5. The van der Waals surface area contributed by atoms with Crippen molar-refractivity contribution >= 4 is 35.2 Å². The zero-order valence-corrected chi connectivity index (χ0v) is 35.0. The molecule has 0 bridgehead atoms. The van der Waals surface area contributed by atoms with Crippen molar-refractivity contribution in [3.63, 3.8) is 0 Å². The van der Waals surface area contributed by atoms with Crippen LogP contribution in [0.1, 0.15) is 143 Å². The summed E-state index contributed by atoms with van der Waals surface area (Å²) < 4.78 is 6.41. The van der Waals surface area contributed by atoms with E-state index in [-0.39, 0.29) is 56.9 Å². The molecule has 7 rings (SSSR count). The van der Waals surface area contributed by atoms with E-state index in [2.05, 4.69) is 53.8 Å². The van der Waals surface area contributed by atoms with Gasteiger partial charge in [0.05, 0.1) is 22.4 Å². The molecule has 0 heterocycles. The van der Waals surface area contributed by atoms with Gasteiger partial charge < -0.3 is 15.2 Å². The number of halogens is 1. The van der Waals surface area contributed by atoms with E-state index in [0.717, 1.165) is 63.4 Å². The van der Waals surface area contributed by atoms with Gasteiger partial charge in [0.2, 0.25) is 0 Å². The molecule has 6 aliphatic rings. The fourth-order valence-corrected chi connectivity index (χ4v) is 14.6. The number of rotatable bonds is 8. The first kappa shape index (κ1) is 39.6. The highest BCUT2D eigenvalue weighted by Crippen LogP contribution is 2.77. The van der Waals surface area contributed by atoms with Crippen molar-refractivity contribution in [2.75, 3.05) is 6.54 Å². The van der Waals surface area contributed by atoms with E-state index < -0.39 is 17.3 Å². The zero-order valence-electron chi connectivity index (χ0n) is 34.2. The van der Waals surface area contributed by atoms with Gasteiger partial charge in [-0.25, -0.2) is 0 Å². The number of carboxylic acids is 1. The van der Waals surface area contributed by atoms with Gasteiger partial charge in [0.1, 0.15) is 6.10 Å². The van der Waals surface area contributed by atoms with Crippen LogP contribution in [0.15, 0.2) is 35.4 Å². The Morgan fingerprint density at radius 2 is 1.57 bits per heavy atom. The van der Waals surface area contributed by atoms with Gasteiger partial charge >= 0.3 is 11.9 Å². The summed E-state index contributed by atoms with van der Waals surface area (Å²) in [7, 11) is 0. The third-order valence-electron chi connectivity index (χ3n) is 17.6.